The number of nitrogens with one attached hydrogen (secondary N) is 1. The average molecular weight is 439 g/mol. The zero-order chi connectivity index (χ0) is 20.1. The van der Waals surface area contributed by atoms with Gasteiger partial charge in [-0.3, -0.25) is 9.10 Å². The SMILES string of the molecule is O=C(CN(c1ccccc1F)S(=O)(=O)c1cccs1)NCc1ccc(Cl)cc1. The molecule has 0 radical (unpaired) electrons. The van der Waals surface area contributed by atoms with E-state index < -0.39 is 28.3 Å². The fourth-order valence-electron chi connectivity index (χ4n) is 2.46. The number of amides is 1. The summed E-state index contributed by atoms with van der Waals surface area (Å²) >= 11 is 6.83. The smallest absolute Gasteiger partial charge is 0.274 e. The van der Waals surface area contributed by atoms with Gasteiger partial charge in [-0.15, -0.1) is 11.3 Å². The third kappa shape index (κ3) is 4.70. The number of rotatable bonds is 7. The highest BCUT2D eigenvalue weighted by Crippen LogP contribution is 2.28. The molecule has 1 heterocycles. The maximum absolute atomic E-state index is 14.3. The van der Waals surface area contributed by atoms with E-state index in [2.05, 4.69) is 5.32 Å². The van der Waals surface area contributed by atoms with Crippen molar-refractivity contribution in [2.45, 2.75) is 10.8 Å². The van der Waals surface area contributed by atoms with E-state index >= 15 is 0 Å². The first-order valence-corrected chi connectivity index (χ1v) is 10.9. The number of para-hydroxylation sites is 1. The van der Waals surface area contributed by atoms with Gasteiger partial charge >= 0.3 is 0 Å². The highest BCUT2D eigenvalue weighted by Gasteiger charge is 2.29. The number of hydrogen-bond donors (Lipinski definition) is 1. The van der Waals surface area contributed by atoms with E-state index in [4.69, 9.17) is 11.6 Å². The Morgan fingerprint density at radius 2 is 1.79 bits per heavy atom. The molecule has 0 saturated heterocycles. The Balaban J connectivity index is 1.82. The summed E-state index contributed by atoms with van der Waals surface area (Å²) in [6.07, 6.45) is 0. The molecule has 3 rings (SSSR count). The van der Waals surface area contributed by atoms with Crippen LogP contribution in [0.3, 0.4) is 0 Å². The van der Waals surface area contributed by atoms with Crippen LogP contribution in [0.5, 0.6) is 0 Å². The third-order valence-corrected chi connectivity index (χ3v) is 7.24. The molecule has 5 nitrogen and oxygen atoms in total. The molecular weight excluding hydrogens is 423 g/mol. The second-order valence-electron chi connectivity index (χ2n) is 5.80. The molecule has 0 aliphatic heterocycles. The van der Waals surface area contributed by atoms with Gasteiger partial charge in [-0.05, 0) is 41.3 Å². The number of carbonyl (C=O) groups is 1. The minimum Gasteiger partial charge on any atom is -0.350 e. The Morgan fingerprint density at radius 1 is 1.07 bits per heavy atom. The van der Waals surface area contributed by atoms with Gasteiger partial charge in [0.05, 0.1) is 5.69 Å². The van der Waals surface area contributed by atoms with Crippen LogP contribution in [0.1, 0.15) is 5.56 Å². The molecule has 28 heavy (non-hydrogen) atoms. The van der Waals surface area contributed by atoms with E-state index in [1.807, 2.05) is 0 Å². The summed E-state index contributed by atoms with van der Waals surface area (Å²) in [5.41, 5.74) is 0.619. The molecule has 0 aliphatic carbocycles. The van der Waals surface area contributed by atoms with Gasteiger partial charge < -0.3 is 5.32 Å². The van der Waals surface area contributed by atoms with Crippen molar-refractivity contribution in [3.05, 3.63) is 82.4 Å². The molecule has 2 aromatic carbocycles. The number of halogens is 2. The minimum absolute atomic E-state index is 0.0289. The van der Waals surface area contributed by atoms with Crippen LogP contribution < -0.4 is 9.62 Å². The summed E-state index contributed by atoms with van der Waals surface area (Å²) in [5, 5.41) is 4.82. The van der Waals surface area contributed by atoms with E-state index in [1.54, 1.807) is 35.7 Å². The number of anilines is 1. The molecule has 1 N–H and O–H groups in total. The van der Waals surface area contributed by atoms with Gasteiger partial charge in [0.1, 0.15) is 16.6 Å². The number of nitrogens with zero attached hydrogens (tertiary/aromatic N) is 1. The molecule has 0 atom stereocenters. The largest absolute Gasteiger partial charge is 0.350 e. The second kappa shape index (κ2) is 8.72. The van der Waals surface area contributed by atoms with Gasteiger partial charge in [0.2, 0.25) is 5.91 Å². The van der Waals surface area contributed by atoms with Gasteiger partial charge in [0.15, 0.2) is 0 Å². The maximum atomic E-state index is 14.3. The van der Waals surface area contributed by atoms with Crippen molar-refractivity contribution < 1.29 is 17.6 Å². The molecule has 0 saturated carbocycles. The van der Waals surface area contributed by atoms with Crippen LogP contribution in [-0.4, -0.2) is 20.9 Å². The number of benzene rings is 2. The zero-order valence-electron chi connectivity index (χ0n) is 14.5. The number of hydrogen-bond acceptors (Lipinski definition) is 4. The Bertz CT molecular complexity index is 1060. The monoisotopic (exact) mass is 438 g/mol. The van der Waals surface area contributed by atoms with E-state index in [0.717, 1.165) is 27.3 Å². The van der Waals surface area contributed by atoms with Crippen LogP contribution in [0, 0.1) is 5.82 Å². The van der Waals surface area contributed by atoms with Crippen molar-refractivity contribution in [2.75, 3.05) is 10.8 Å². The van der Waals surface area contributed by atoms with Crippen LogP contribution in [0.2, 0.25) is 5.02 Å². The Labute approximate surface area is 171 Å². The van der Waals surface area contributed by atoms with E-state index in [-0.39, 0.29) is 16.4 Å². The van der Waals surface area contributed by atoms with Gasteiger partial charge in [0.25, 0.3) is 10.0 Å². The molecule has 1 aromatic heterocycles. The van der Waals surface area contributed by atoms with Crippen LogP contribution in [0.25, 0.3) is 0 Å². The second-order valence-corrected chi connectivity index (χ2v) is 9.27. The average Bonchev–Trinajstić information content (AvgIpc) is 3.22. The molecule has 146 valence electrons. The fraction of sp³-hybridized carbons (Fsp3) is 0.105. The Kier molecular flexibility index (Phi) is 6.33. The number of carbonyl (C=O) groups excluding carboxylic acids is 1. The van der Waals surface area contributed by atoms with Crippen molar-refractivity contribution in [3.8, 4) is 0 Å². The lowest BCUT2D eigenvalue weighted by atomic mass is 10.2. The summed E-state index contributed by atoms with van der Waals surface area (Å²) in [5.74, 6) is -1.29. The molecule has 0 fully saturated rings. The predicted molar refractivity (Wildman–Crippen MR) is 109 cm³/mol. The first kappa shape index (κ1) is 20.3. The van der Waals surface area contributed by atoms with E-state index in [0.29, 0.717) is 5.02 Å². The van der Waals surface area contributed by atoms with Crippen molar-refractivity contribution in [1.82, 2.24) is 5.32 Å². The lowest BCUT2D eigenvalue weighted by Gasteiger charge is -2.23. The van der Waals surface area contributed by atoms with Crippen LogP contribution >= 0.6 is 22.9 Å². The van der Waals surface area contributed by atoms with Gasteiger partial charge in [0, 0.05) is 11.6 Å². The zero-order valence-corrected chi connectivity index (χ0v) is 16.9. The fourth-order valence-corrected chi connectivity index (χ4v) is 5.12. The summed E-state index contributed by atoms with van der Waals surface area (Å²) in [7, 11) is -4.08. The lowest BCUT2D eigenvalue weighted by molar-refractivity contribution is -0.119. The number of sulfonamides is 1. The quantitative estimate of drug-likeness (QED) is 0.605. The van der Waals surface area contributed by atoms with Crippen LogP contribution in [-0.2, 0) is 21.4 Å². The van der Waals surface area contributed by atoms with Gasteiger partial charge in [-0.2, -0.15) is 0 Å². The lowest BCUT2D eigenvalue weighted by Crippen LogP contribution is -2.40. The van der Waals surface area contributed by atoms with Gasteiger partial charge in [-0.1, -0.05) is 41.9 Å². The molecule has 0 unspecified atom stereocenters. The molecular formula is C19H16ClFN2O3S2. The Morgan fingerprint density at radius 3 is 2.43 bits per heavy atom. The molecule has 0 spiro atoms. The molecule has 0 bridgehead atoms. The highest BCUT2D eigenvalue weighted by molar-refractivity contribution is 7.94. The van der Waals surface area contributed by atoms with Gasteiger partial charge in [-0.25, -0.2) is 12.8 Å². The van der Waals surface area contributed by atoms with Crippen molar-refractivity contribution in [1.29, 1.82) is 0 Å². The van der Waals surface area contributed by atoms with Crippen LogP contribution in [0.15, 0.2) is 70.3 Å². The summed E-state index contributed by atoms with van der Waals surface area (Å²) < 4.78 is 41.1. The third-order valence-electron chi connectivity index (χ3n) is 3.85. The van der Waals surface area contributed by atoms with Crippen molar-refractivity contribution in [2.24, 2.45) is 0 Å². The molecule has 9 heteroatoms. The van der Waals surface area contributed by atoms with Crippen molar-refractivity contribution >= 4 is 44.6 Å². The molecule has 0 aliphatic rings. The van der Waals surface area contributed by atoms with Crippen molar-refractivity contribution in [3.63, 3.8) is 0 Å². The first-order chi connectivity index (χ1) is 13.4. The number of thiophene rings is 1. The predicted octanol–water partition coefficient (Wildman–Crippen LogP) is 4.05. The minimum atomic E-state index is -4.08. The summed E-state index contributed by atoms with van der Waals surface area (Å²) in [4.78, 5) is 12.4. The Hall–Kier alpha value is -2.42. The van der Waals surface area contributed by atoms with Crippen LogP contribution in [0.4, 0.5) is 10.1 Å². The summed E-state index contributed by atoms with van der Waals surface area (Å²) in [6, 6.07) is 15.3. The summed E-state index contributed by atoms with van der Waals surface area (Å²) in [6.45, 7) is -0.352. The molecule has 3 aromatic rings. The first-order valence-electron chi connectivity index (χ1n) is 8.20. The van der Waals surface area contributed by atoms with E-state index in [1.165, 1.54) is 24.3 Å². The molecule has 1 amide bonds. The topological polar surface area (TPSA) is 66.5 Å². The maximum Gasteiger partial charge on any atom is 0.274 e. The highest BCUT2D eigenvalue weighted by atomic mass is 35.5. The van der Waals surface area contributed by atoms with E-state index in [9.17, 15) is 17.6 Å². The standard InChI is InChI=1S/C19H16ClFN2O3S2/c20-15-9-7-14(8-10-15)12-22-18(24)13-23(17-5-2-1-4-16(17)21)28(25,26)19-6-3-11-27-19/h1-11H,12-13H2,(H,22,24). The normalized spacial score (nSPS) is 11.2.